The Morgan fingerprint density at radius 1 is 1.12 bits per heavy atom. The van der Waals surface area contributed by atoms with Crippen molar-refractivity contribution in [2.45, 2.75) is 32.9 Å². The molecule has 2 aromatic carbocycles. The number of esters is 1. The lowest BCUT2D eigenvalue weighted by molar-refractivity contribution is -0.924. The predicted molar refractivity (Wildman–Crippen MR) is 100 cm³/mol. The van der Waals surface area contributed by atoms with Crippen LogP contribution in [0, 0.1) is 13.8 Å². The average molecular weight is 353 g/mol. The van der Waals surface area contributed by atoms with Gasteiger partial charge in [-0.25, -0.2) is 4.79 Å². The van der Waals surface area contributed by atoms with Gasteiger partial charge in [-0.1, -0.05) is 30.3 Å². The molecule has 2 atom stereocenters. The largest absolute Gasteiger partial charge is 0.465 e. The maximum Gasteiger partial charge on any atom is 0.365 e. The second-order valence-electron chi connectivity index (χ2n) is 6.98. The molecule has 0 saturated heterocycles. The molecular weight excluding hydrogens is 328 g/mol. The molecule has 0 bridgehead atoms. The van der Waals surface area contributed by atoms with Crippen LogP contribution in [0.5, 0.6) is 0 Å². The van der Waals surface area contributed by atoms with E-state index in [1.807, 2.05) is 44.2 Å². The van der Waals surface area contributed by atoms with Crippen molar-refractivity contribution in [2.24, 2.45) is 0 Å². The first-order valence-corrected chi connectivity index (χ1v) is 8.83. The first-order chi connectivity index (χ1) is 12.5. The smallest absolute Gasteiger partial charge is 0.365 e. The van der Waals surface area contributed by atoms with Crippen molar-refractivity contribution in [3.8, 4) is 0 Å². The van der Waals surface area contributed by atoms with Crippen LogP contribution in [0.15, 0.2) is 42.5 Å². The molecule has 0 saturated carbocycles. The molecule has 3 rings (SSSR count). The van der Waals surface area contributed by atoms with E-state index in [0.717, 1.165) is 27.3 Å². The number of nitrogens with one attached hydrogen (secondary N) is 2. The SMILES string of the molecule is COC(=O)[C@@H]1Cc2ccccc2C[NH+]1CC(=O)Nc1cc(C)cc(C)c1. The number of anilines is 1. The third-order valence-electron chi connectivity index (χ3n) is 4.83. The summed E-state index contributed by atoms with van der Waals surface area (Å²) >= 11 is 0. The van der Waals surface area contributed by atoms with Crippen LogP contribution < -0.4 is 10.2 Å². The van der Waals surface area contributed by atoms with E-state index in [1.165, 1.54) is 12.7 Å². The van der Waals surface area contributed by atoms with Gasteiger partial charge in [0, 0.05) is 17.7 Å². The first-order valence-electron chi connectivity index (χ1n) is 8.83. The molecule has 1 heterocycles. The molecule has 5 nitrogen and oxygen atoms in total. The van der Waals surface area contributed by atoms with Crippen LogP contribution in [0.3, 0.4) is 0 Å². The highest BCUT2D eigenvalue weighted by Gasteiger charge is 2.37. The Hall–Kier alpha value is -2.66. The third-order valence-corrected chi connectivity index (χ3v) is 4.83. The number of rotatable bonds is 4. The second-order valence-corrected chi connectivity index (χ2v) is 6.98. The number of fused-ring (bicyclic) bond motifs is 1. The van der Waals surface area contributed by atoms with Gasteiger partial charge < -0.3 is 15.0 Å². The summed E-state index contributed by atoms with van der Waals surface area (Å²) in [6.45, 7) is 4.86. The number of carbonyl (C=O) groups excluding carboxylic acids is 2. The van der Waals surface area contributed by atoms with E-state index in [1.54, 1.807) is 0 Å². The van der Waals surface area contributed by atoms with E-state index in [9.17, 15) is 9.59 Å². The topological polar surface area (TPSA) is 59.8 Å². The number of amides is 1. The van der Waals surface area contributed by atoms with Gasteiger partial charge in [-0.05, 0) is 42.7 Å². The number of quaternary nitrogens is 1. The molecule has 26 heavy (non-hydrogen) atoms. The van der Waals surface area contributed by atoms with E-state index < -0.39 is 0 Å². The maximum atomic E-state index is 12.6. The highest BCUT2D eigenvalue weighted by Crippen LogP contribution is 2.15. The second kappa shape index (κ2) is 7.70. The summed E-state index contributed by atoms with van der Waals surface area (Å²) in [4.78, 5) is 25.7. The molecule has 0 spiro atoms. The van der Waals surface area contributed by atoms with Crippen LogP contribution in [0.2, 0.25) is 0 Å². The lowest BCUT2D eigenvalue weighted by Gasteiger charge is -2.31. The Morgan fingerprint density at radius 3 is 2.42 bits per heavy atom. The van der Waals surface area contributed by atoms with E-state index in [2.05, 4.69) is 17.4 Å². The van der Waals surface area contributed by atoms with Crippen molar-refractivity contribution in [1.29, 1.82) is 0 Å². The van der Waals surface area contributed by atoms with Crippen LogP contribution in [0.1, 0.15) is 22.3 Å². The van der Waals surface area contributed by atoms with Crippen molar-refractivity contribution in [2.75, 3.05) is 19.0 Å². The van der Waals surface area contributed by atoms with Gasteiger partial charge in [-0.3, -0.25) is 4.79 Å². The quantitative estimate of drug-likeness (QED) is 0.818. The molecule has 1 unspecified atom stereocenters. The van der Waals surface area contributed by atoms with Gasteiger partial charge in [0.25, 0.3) is 5.91 Å². The van der Waals surface area contributed by atoms with Crippen LogP contribution >= 0.6 is 0 Å². The van der Waals surface area contributed by atoms with Crippen molar-refractivity contribution in [1.82, 2.24) is 0 Å². The summed E-state index contributed by atoms with van der Waals surface area (Å²) < 4.78 is 4.97. The number of benzene rings is 2. The molecule has 0 fully saturated rings. The van der Waals surface area contributed by atoms with Gasteiger partial charge in [-0.15, -0.1) is 0 Å². The highest BCUT2D eigenvalue weighted by atomic mass is 16.5. The van der Waals surface area contributed by atoms with Gasteiger partial charge in [0.05, 0.1) is 7.11 Å². The van der Waals surface area contributed by atoms with Gasteiger partial charge in [-0.2, -0.15) is 0 Å². The molecule has 0 aliphatic carbocycles. The normalized spacial score (nSPS) is 18.7. The molecule has 0 aromatic heterocycles. The number of hydrogen-bond donors (Lipinski definition) is 2. The number of hydrogen-bond acceptors (Lipinski definition) is 3. The number of carbonyl (C=O) groups is 2. The Kier molecular flexibility index (Phi) is 5.38. The fraction of sp³-hybridized carbons (Fsp3) is 0.333. The Bertz CT molecular complexity index is 812. The number of methoxy groups -OCH3 is 1. The van der Waals surface area contributed by atoms with Gasteiger partial charge in [0.1, 0.15) is 6.54 Å². The van der Waals surface area contributed by atoms with E-state index in [-0.39, 0.29) is 24.5 Å². The molecule has 0 radical (unpaired) electrons. The summed E-state index contributed by atoms with van der Waals surface area (Å²) in [6, 6.07) is 13.7. The number of aryl methyl sites for hydroxylation is 2. The summed E-state index contributed by atoms with van der Waals surface area (Å²) in [5, 5.41) is 2.96. The molecular formula is C21H25N2O3+. The molecule has 2 aromatic rings. The molecule has 1 aliphatic rings. The van der Waals surface area contributed by atoms with Crippen LogP contribution in [0.25, 0.3) is 0 Å². The lowest BCUT2D eigenvalue weighted by Crippen LogP contribution is -3.17. The highest BCUT2D eigenvalue weighted by molar-refractivity contribution is 5.91. The molecule has 1 aliphatic heterocycles. The van der Waals surface area contributed by atoms with Crippen molar-refractivity contribution >= 4 is 17.6 Å². The standard InChI is InChI=1S/C21H24N2O3/c1-14-8-15(2)10-18(9-14)22-20(24)13-23-12-17-7-5-4-6-16(17)11-19(23)21(25)26-3/h4-10,19H,11-13H2,1-3H3,(H,22,24)/p+1/t19-/m0/s1. The summed E-state index contributed by atoms with van der Waals surface area (Å²) in [6.07, 6.45) is 0.592. The monoisotopic (exact) mass is 353 g/mol. The lowest BCUT2D eigenvalue weighted by atomic mass is 9.94. The summed E-state index contributed by atoms with van der Waals surface area (Å²) in [5.41, 5.74) is 5.33. The zero-order valence-electron chi connectivity index (χ0n) is 15.5. The van der Waals surface area contributed by atoms with Crippen LogP contribution in [-0.4, -0.2) is 31.6 Å². The van der Waals surface area contributed by atoms with E-state index >= 15 is 0 Å². The zero-order valence-corrected chi connectivity index (χ0v) is 15.5. The first kappa shape index (κ1) is 18.1. The van der Waals surface area contributed by atoms with E-state index in [0.29, 0.717) is 13.0 Å². The summed E-state index contributed by atoms with van der Waals surface area (Å²) in [7, 11) is 1.40. The van der Waals surface area contributed by atoms with Crippen molar-refractivity contribution in [3.05, 3.63) is 64.7 Å². The molecule has 5 heteroatoms. The Balaban J connectivity index is 1.75. The minimum Gasteiger partial charge on any atom is -0.465 e. The molecule has 2 N–H and O–H groups in total. The Morgan fingerprint density at radius 2 is 1.77 bits per heavy atom. The Labute approximate surface area is 154 Å². The fourth-order valence-electron chi connectivity index (χ4n) is 3.70. The zero-order chi connectivity index (χ0) is 18.7. The van der Waals surface area contributed by atoms with E-state index in [4.69, 9.17) is 4.74 Å². The van der Waals surface area contributed by atoms with Gasteiger partial charge >= 0.3 is 5.97 Å². The third kappa shape index (κ3) is 4.11. The van der Waals surface area contributed by atoms with Gasteiger partial charge in [0.2, 0.25) is 0 Å². The predicted octanol–water partition coefficient (Wildman–Crippen LogP) is 1.42. The minimum absolute atomic E-state index is 0.0988. The van der Waals surface area contributed by atoms with Gasteiger partial charge in [0.15, 0.2) is 12.6 Å². The molecule has 136 valence electrons. The van der Waals surface area contributed by atoms with Crippen LogP contribution in [0.4, 0.5) is 5.69 Å². The fourth-order valence-corrected chi connectivity index (χ4v) is 3.70. The molecule has 1 amide bonds. The average Bonchev–Trinajstić information content (AvgIpc) is 2.59. The maximum absolute atomic E-state index is 12.6. The van der Waals surface area contributed by atoms with Crippen molar-refractivity contribution < 1.29 is 19.2 Å². The van der Waals surface area contributed by atoms with Crippen LogP contribution in [-0.2, 0) is 27.3 Å². The number of ether oxygens (including phenoxy) is 1. The van der Waals surface area contributed by atoms with Crippen molar-refractivity contribution in [3.63, 3.8) is 0 Å². The summed E-state index contributed by atoms with van der Waals surface area (Å²) in [5.74, 6) is -0.369. The minimum atomic E-state index is -0.361.